The number of aromatic nitrogens is 1. The summed E-state index contributed by atoms with van der Waals surface area (Å²) in [5.74, 6) is -1.80. The summed E-state index contributed by atoms with van der Waals surface area (Å²) in [5, 5.41) is 8.47. The van der Waals surface area contributed by atoms with E-state index in [9.17, 15) is 22.0 Å². The quantitative estimate of drug-likeness (QED) is 0.797. The molecule has 0 saturated heterocycles. The Hall–Kier alpha value is -2.11. The van der Waals surface area contributed by atoms with Crippen molar-refractivity contribution in [2.75, 3.05) is 7.11 Å². The van der Waals surface area contributed by atoms with Gasteiger partial charge in [-0.25, -0.2) is 8.78 Å². The van der Waals surface area contributed by atoms with E-state index in [1.807, 2.05) is 0 Å². The standard InChI is InChI=1S/C10H7F5N2O2/c1-18-7-5(9(11)12)4-17-6(2-3-16)8(7)19-10(13,14)15/h4,9H,2H2,1H3. The molecular weight excluding hydrogens is 275 g/mol. The van der Waals surface area contributed by atoms with Crippen molar-refractivity contribution in [2.45, 2.75) is 19.2 Å². The molecule has 0 saturated carbocycles. The van der Waals surface area contributed by atoms with Crippen LogP contribution in [0.5, 0.6) is 11.5 Å². The first-order valence-corrected chi connectivity index (χ1v) is 4.76. The Morgan fingerprint density at radius 1 is 1.37 bits per heavy atom. The van der Waals surface area contributed by atoms with Crippen LogP contribution in [0.15, 0.2) is 6.20 Å². The van der Waals surface area contributed by atoms with Crippen LogP contribution >= 0.6 is 0 Å². The number of halogens is 5. The molecule has 1 aromatic rings. The van der Waals surface area contributed by atoms with E-state index in [4.69, 9.17) is 5.26 Å². The Morgan fingerprint density at radius 3 is 2.42 bits per heavy atom. The molecule has 0 N–H and O–H groups in total. The van der Waals surface area contributed by atoms with Crippen molar-refractivity contribution < 1.29 is 31.4 Å². The summed E-state index contributed by atoms with van der Waals surface area (Å²) in [7, 11) is 0.917. The predicted octanol–water partition coefficient (Wildman–Crippen LogP) is 2.99. The maximum Gasteiger partial charge on any atom is 0.573 e. The van der Waals surface area contributed by atoms with Gasteiger partial charge in [0.2, 0.25) is 0 Å². The van der Waals surface area contributed by atoms with Crippen LogP contribution in [0.2, 0.25) is 0 Å². The van der Waals surface area contributed by atoms with Crippen molar-refractivity contribution in [2.24, 2.45) is 0 Å². The molecule has 1 rings (SSSR count). The minimum absolute atomic E-state index is 0.430. The maximum absolute atomic E-state index is 12.6. The highest BCUT2D eigenvalue weighted by Gasteiger charge is 2.35. The van der Waals surface area contributed by atoms with Crippen molar-refractivity contribution in [3.63, 3.8) is 0 Å². The summed E-state index contributed by atoms with van der Waals surface area (Å²) in [6.45, 7) is 0. The lowest BCUT2D eigenvalue weighted by atomic mass is 10.2. The van der Waals surface area contributed by atoms with Gasteiger partial charge in [-0.05, 0) is 0 Å². The zero-order valence-corrected chi connectivity index (χ0v) is 9.46. The molecule has 0 amide bonds. The largest absolute Gasteiger partial charge is 0.573 e. The van der Waals surface area contributed by atoms with E-state index in [0.717, 1.165) is 7.11 Å². The van der Waals surface area contributed by atoms with E-state index < -0.39 is 42.0 Å². The average Bonchev–Trinajstić information content (AvgIpc) is 2.29. The van der Waals surface area contributed by atoms with Gasteiger partial charge in [-0.15, -0.1) is 13.2 Å². The van der Waals surface area contributed by atoms with Gasteiger partial charge in [0.25, 0.3) is 6.43 Å². The number of pyridine rings is 1. The zero-order chi connectivity index (χ0) is 14.6. The van der Waals surface area contributed by atoms with Gasteiger partial charge < -0.3 is 9.47 Å². The lowest BCUT2D eigenvalue weighted by molar-refractivity contribution is -0.275. The molecule has 0 radical (unpaired) electrons. The predicted molar refractivity (Wildman–Crippen MR) is 51.7 cm³/mol. The molecule has 1 aromatic heterocycles. The van der Waals surface area contributed by atoms with Crippen molar-refractivity contribution >= 4 is 0 Å². The van der Waals surface area contributed by atoms with Gasteiger partial charge in [0.1, 0.15) is 5.69 Å². The fraction of sp³-hybridized carbons (Fsp3) is 0.400. The SMILES string of the molecule is COc1c(C(F)F)cnc(CC#N)c1OC(F)(F)F. The van der Waals surface area contributed by atoms with Gasteiger partial charge in [-0.2, -0.15) is 5.26 Å². The van der Waals surface area contributed by atoms with Gasteiger partial charge in [-0.1, -0.05) is 0 Å². The van der Waals surface area contributed by atoms with Crippen molar-refractivity contribution in [1.29, 1.82) is 5.26 Å². The number of rotatable bonds is 4. The van der Waals surface area contributed by atoms with E-state index >= 15 is 0 Å². The summed E-state index contributed by atoms with van der Waals surface area (Å²) in [6, 6.07) is 1.56. The van der Waals surface area contributed by atoms with Crippen molar-refractivity contribution in [3.8, 4) is 17.6 Å². The van der Waals surface area contributed by atoms with Crippen LogP contribution < -0.4 is 9.47 Å². The van der Waals surface area contributed by atoms with Gasteiger partial charge in [0.15, 0.2) is 11.5 Å². The van der Waals surface area contributed by atoms with Crippen LogP contribution in [-0.2, 0) is 6.42 Å². The van der Waals surface area contributed by atoms with Crippen LogP contribution in [0, 0.1) is 11.3 Å². The molecule has 4 nitrogen and oxygen atoms in total. The number of hydrogen-bond donors (Lipinski definition) is 0. The molecular formula is C10H7F5N2O2. The zero-order valence-electron chi connectivity index (χ0n) is 9.46. The second-order valence-corrected chi connectivity index (χ2v) is 3.21. The molecule has 0 unspecified atom stereocenters. The third-order valence-corrected chi connectivity index (χ3v) is 1.99. The minimum Gasteiger partial charge on any atom is -0.492 e. The number of ether oxygens (including phenoxy) is 2. The number of nitriles is 1. The van der Waals surface area contributed by atoms with Crippen LogP contribution in [0.1, 0.15) is 17.7 Å². The molecule has 0 bridgehead atoms. The first kappa shape index (κ1) is 14.9. The highest BCUT2D eigenvalue weighted by Crippen LogP contribution is 2.40. The van der Waals surface area contributed by atoms with Gasteiger partial charge in [0.05, 0.1) is 25.2 Å². The minimum atomic E-state index is -5.11. The number of hydrogen-bond acceptors (Lipinski definition) is 4. The third kappa shape index (κ3) is 3.67. The van der Waals surface area contributed by atoms with Crippen LogP contribution in [-0.4, -0.2) is 18.5 Å². The Morgan fingerprint density at radius 2 is 2.00 bits per heavy atom. The summed E-state index contributed by atoms with van der Waals surface area (Å²) in [6.07, 6.45) is -8.08. The highest BCUT2D eigenvalue weighted by atomic mass is 19.4. The Balaban J connectivity index is 3.41. The second kappa shape index (κ2) is 5.69. The highest BCUT2D eigenvalue weighted by molar-refractivity contribution is 5.49. The van der Waals surface area contributed by atoms with Crippen molar-refractivity contribution in [3.05, 3.63) is 17.5 Å². The summed E-state index contributed by atoms with van der Waals surface area (Å²) < 4.78 is 70.1. The topological polar surface area (TPSA) is 55.1 Å². The molecule has 0 aliphatic rings. The van der Waals surface area contributed by atoms with Gasteiger partial charge in [-0.3, -0.25) is 4.98 Å². The van der Waals surface area contributed by atoms with E-state index in [1.54, 1.807) is 6.07 Å². The first-order chi connectivity index (χ1) is 8.80. The van der Waals surface area contributed by atoms with E-state index in [2.05, 4.69) is 14.5 Å². The normalized spacial score (nSPS) is 11.3. The molecule has 9 heteroatoms. The van der Waals surface area contributed by atoms with E-state index in [0.29, 0.717) is 6.20 Å². The number of nitrogens with zero attached hydrogens (tertiary/aromatic N) is 2. The summed E-state index contributed by atoms with van der Waals surface area (Å²) in [4.78, 5) is 3.37. The molecule has 0 fully saturated rings. The summed E-state index contributed by atoms with van der Waals surface area (Å²) in [5.41, 5.74) is -1.27. The maximum atomic E-state index is 12.6. The Kier molecular flexibility index (Phi) is 4.47. The average molecular weight is 282 g/mol. The Labute approximate surface area is 104 Å². The third-order valence-electron chi connectivity index (χ3n) is 1.99. The number of alkyl halides is 5. The van der Waals surface area contributed by atoms with Crippen LogP contribution in [0.4, 0.5) is 22.0 Å². The van der Waals surface area contributed by atoms with E-state index in [-0.39, 0.29) is 0 Å². The lowest BCUT2D eigenvalue weighted by Gasteiger charge is -2.17. The molecule has 19 heavy (non-hydrogen) atoms. The molecule has 0 atom stereocenters. The van der Waals surface area contributed by atoms with Gasteiger partial charge in [0, 0.05) is 6.20 Å². The fourth-order valence-corrected chi connectivity index (χ4v) is 1.31. The molecule has 104 valence electrons. The molecule has 0 aliphatic heterocycles. The monoisotopic (exact) mass is 282 g/mol. The number of methoxy groups -OCH3 is 1. The van der Waals surface area contributed by atoms with Crippen molar-refractivity contribution in [1.82, 2.24) is 4.98 Å². The van der Waals surface area contributed by atoms with Crippen LogP contribution in [0.25, 0.3) is 0 Å². The second-order valence-electron chi connectivity index (χ2n) is 3.21. The fourth-order valence-electron chi connectivity index (χ4n) is 1.31. The molecule has 1 heterocycles. The molecule has 0 aromatic carbocycles. The van der Waals surface area contributed by atoms with Crippen LogP contribution in [0.3, 0.4) is 0 Å². The lowest BCUT2D eigenvalue weighted by Crippen LogP contribution is -2.19. The smallest absolute Gasteiger partial charge is 0.492 e. The molecule has 0 aliphatic carbocycles. The van der Waals surface area contributed by atoms with Gasteiger partial charge >= 0.3 is 6.36 Å². The first-order valence-electron chi connectivity index (χ1n) is 4.76. The van der Waals surface area contributed by atoms with E-state index in [1.165, 1.54) is 0 Å². The Bertz CT molecular complexity index is 496. The molecule has 0 spiro atoms. The summed E-state index contributed by atoms with van der Waals surface area (Å²) >= 11 is 0.